The van der Waals surface area contributed by atoms with Gasteiger partial charge in [-0.2, -0.15) is 0 Å². The van der Waals surface area contributed by atoms with E-state index in [2.05, 4.69) is 5.32 Å². The summed E-state index contributed by atoms with van der Waals surface area (Å²) in [6, 6.07) is 13.2. The fraction of sp³-hybridized carbons (Fsp3) is 0.364. The van der Waals surface area contributed by atoms with Gasteiger partial charge in [0.25, 0.3) is 5.91 Å². The summed E-state index contributed by atoms with van der Waals surface area (Å²) < 4.78 is 5.74. The zero-order valence-corrected chi connectivity index (χ0v) is 16.7. The first kappa shape index (κ1) is 20.5. The minimum absolute atomic E-state index is 0.114. The number of nitrogens with one attached hydrogen (secondary N) is 1. The molecule has 0 saturated heterocycles. The molecule has 5 heteroatoms. The molecule has 0 saturated carbocycles. The Morgan fingerprint density at radius 2 is 1.78 bits per heavy atom. The number of carbonyl (C=O) groups excluding carboxylic acids is 2. The van der Waals surface area contributed by atoms with E-state index in [1.165, 1.54) is 0 Å². The lowest BCUT2D eigenvalue weighted by Crippen LogP contribution is -2.48. The van der Waals surface area contributed by atoms with E-state index in [0.717, 1.165) is 22.3 Å². The molecule has 0 fully saturated rings. The first-order valence-corrected chi connectivity index (χ1v) is 9.08. The van der Waals surface area contributed by atoms with Crippen LogP contribution < -0.4 is 10.1 Å². The summed E-state index contributed by atoms with van der Waals surface area (Å²) in [6.07, 6.45) is 0. The lowest BCUT2D eigenvalue weighted by Gasteiger charge is -2.28. The predicted molar refractivity (Wildman–Crippen MR) is 107 cm³/mol. The zero-order chi connectivity index (χ0) is 20.0. The number of hydrogen-bond acceptors (Lipinski definition) is 3. The SMILES string of the molecule is CNC(=O)[C@H](C)N(Cc1cccc(C)c1)C(=O)COc1ccc(C)cc1C. The number of rotatable bonds is 7. The molecule has 5 nitrogen and oxygen atoms in total. The summed E-state index contributed by atoms with van der Waals surface area (Å²) in [7, 11) is 1.57. The van der Waals surface area contributed by atoms with Crippen LogP contribution in [0.2, 0.25) is 0 Å². The van der Waals surface area contributed by atoms with Gasteiger partial charge < -0.3 is 15.0 Å². The Kier molecular flexibility index (Phi) is 6.99. The van der Waals surface area contributed by atoms with Crippen LogP contribution in [-0.2, 0) is 16.1 Å². The second-order valence-corrected chi connectivity index (χ2v) is 6.86. The minimum atomic E-state index is -0.592. The molecule has 0 radical (unpaired) electrons. The summed E-state index contributed by atoms with van der Waals surface area (Å²) in [5.74, 6) is 0.243. The quantitative estimate of drug-likeness (QED) is 0.817. The Balaban J connectivity index is 2.15. The maximum Gasteiger partial charge on any atom is 0.261 e. The van der Waals surface area contributed by atoms with Gasteiger partial charge in [-0.3, -0.25) is 9.59 Å². The molecule has 144 valence electrons. The molecule has 2 amide bonds. The smallest absolute Gasteiger partial charge is 0.261 e. The molecule has 2 aromatic rings. The molecule has 0 aromatic heterocycles. The highest BCUT2D eigenvalue weighted by Crippen LogP contribution is 2.19. The second-order valence-electron chi connectivity index (χ2n) is 6.86. The van der Waals surface area contributed by atoms with Crippen LogP contribution in [-0.4, -0.2) is 36.4 Å². The number of hydrogen-bond donors (Lipinski definition) is 1. The van der Waals surface area contributed by atoms with Crippen LogP contribution in [0, 0.1) is 20.8 Å². The number of benzene rings is 2. The third kappa shape index (κ3) is 5.58. The standard InChI is InChI=1S/C22H28N2O3/c1-15-7-6-8-19(12-15)13-24(18(4)22(26)23-5)21(25)14-27-20-10-9-16(2)11-17(20)3/h6-12,18H,13-14H2,1-5H3,(H,23,26)/t18-/m0/s1. The molecule has 0 aliphatic carbocycles. The van der Waals surface area contributed by atoms with Crippen LogP contribution in [0.1, 0.15) is 29.2 Å². The Labute approximate surface area is 161 Å². The van der Waals surface area contributed by atoms with Crippen LogP contribution >= 0.6 is 0 Å². The van der Waals surface area contributed by atoms with Crippen molar-refractivity contribution in [3.63, 3.8) is 0 Å². The van der Waals surface area contributed by atoms with Crippen molar-refractivity contribution in [2.75, 3.05) is 13.7 Å². The number of carbonyl (C=O) groups is 2. The Bertz CT molecular complexity index is 817. The summed E-state index contributed by atoms with van der Waals surface area (Å²) in [5, 5.41) is 2.61. The van der Waals surface area contributed by atoms with Crippen molar-refractivity contribution >= 4 is 11.8 Å². The normalized spacial score (nSPS) is 11.6. The van der Waals surface area contributed by atoms with Crippen molar-refractivity contribution in [1.29, 1.82) is 0 Å². The molecule has 0 aliphatic rings. The maximum absolute atomic E-state index is 12.9. The average molecular weight is 368 g/mol. The fourth-order valence-corrected chi connectivity index (χ4v) is 2.98. The maximum atomic E-state index is 12.9. The molecular formula is C22H28N2O3. The molecule has 0 bridgehead atoms. The molecule has 27 heavy (non-hydrogen) atoms. The first-order valence-electron chi connectivity index (χ1n) is 9.08. The number of aryl methyl sites for hydroxylation is 3. The van der Waals surface area contributed by atoms with E-state index in [4.69, 9.17) is 4.74 Å². The molecular weight excluding hydrogens is 340 g/mol. The van der Waals surface area contributed by atoms with Crippen molar-refractivity contribution in [2.45, 2.75) is 40.3 Å². The van der Waals surface area contributed by atoms with Gasteiger partial charge in [0.05, 0.1) is 0 Å². The van der Waals surface area contributed by atoms with E-state index < -0.39 is 6.04 Å². The summed E-state index contributed by atoms with van der Waals surface area (Å²) in [4.78, 5) is 26.6. The highest BCUT2D eigenvalue weighted by atomic mass is 16.5. The Morgan fingerprint density at radius 1 is 1.07 bits per heavy atom. The zero-order valence-electron chi connectivity index (χ0n) is 16.7. The molecule has 0 aliphatic heterocycles. The van der Waals surface area contributed by atoms with Crippen molar-refractivity contribution in [1.82, 2.24) is 10.2 Å². The van der Waals surface area contributed by atoms with E-state index in [1.54, 1.807) is 18.9 Å². The van der Waals surface area contributed by atoms with Crippen molar-refractivity contribution in [2.24, 2.45) is 0 Å². The van der Waals surface area contributed by atoms with Crippen LogP contribution in [0.4, 0.5) is 0 Å². The van der Waals surface area contributed by atoms with Crippen molar-refractivity contribution < 1.29 is 14.3 Å². The average Bonchev–Trinajstić information content (AvgIpc) is 2.64. The molecule has 1 N–H and O–H groups in total. The third-order valence-electron chi connectivity index (χ3n) is 4.53. The van der Waals surface area contributed by atoms with Crippen LogP contribution in [0.15, 0.2) is 42.5 Å². The number of amides is 2. The van der Waals surface area contributed by atoms with Crippen molar-refractivity contribution in [3.8, 4) is 5.75 Å². The molecule has 2 aromatic carbocycles. The van der Waals surface area contributed by atoms with Crippen LogP contribution in [0.25, 0.3) is 0 Å². The Hall–Kier alpha value is -2.82. The predicted octanol–water partition coefficient (Wildman–Crippen LogP) is 3.15. The highest BCUT2D eigenvalue weighted by molar-refractivity contribution is 5.87. The topological polar surface area (TPSA) is 58.6 Å². The van der Waals surface area contributed by atoms with Crippen molar-refractivity contribution in [3.05, 3.63) is 64.7 Å². The first-order chi connectivity index (χ1) is 12.8. The van der Waals surface area contributed by atoms with Gasteiger partial charge in [0.2, 0.25) is 5.91 Å². The van der Waals surface area contributed by atoms with E-state index >= 15 is 0 Å². The number of ether oxygens (including phenoxy) is 1. The fourth-order valence-electron chi connectivity index (χ4n) is 2.98. The lowest BCUT2D eigenvalue weighted by molar-refractivity contribution is -0.142. The summed E-state index contributed by atoms with van der Waals surface area (Å²) in [5.41, 5.74) is 4.21. The van der Waals surface area contributed by atoms with E-state index in [9.17, 15) is 9.59 Å². The molecule has 0 spiro atoms. The number of likely N-dealkylation sites (N-methyl/N-ethyl adjacent to an activating group) is 1. The van der Waals surface area contributed by atoms with Gasteiger partial charge in [0.15, 0.2) is 6.61 Å². The molecule has 0 unspecified atom stereocenters. The van der Waals surface area contributed by atoms with E-state index in [-0.39, 0.29) is 18.4 Å². The van der Waals surface area contributed by atoms with Gasteiger partial charge in [-0.25, -0.2) is 0 Å². The van der Waals surface area contributed by atoms with Gasteiger partial charge in [0.1, 0.15) is 11.8 Å². The highest BCUT2D eigenvalue weighted by Gasteiger charge is 2.26. The number of nitrogens with zero attached hydrogens (tertiary/aromatic N) is 1. The largest absolute Gasteiger partial charge is 0.483 e. The van der Waals surface area contributed by atoms with Crippen LogP contribution in [0.5, 0.6) is 5.75 Å². The van der Waals surface area contributed by atoms with Gasteiger partial charge in [-0.1, -0.05) is 47.5 Å². The molecule has 2 rings (SSSR count). The molecule has 0 heterocycles. The summed E-state index contributed by atoms with van der Waals surface area (Å²) in [6.45, 7) is 7.92. The monoisotopic (exact) mass is 368 g/mol. The third-order valence-corrected chi connectivity index (χ3v) is 4.53. The Morgan fingerprint density at radius 3 is 2.41 bits per heavy atom. The van der Waals surface area contributed by atoms with Gasteiger partial charge in [-0.05, 0) is 44.9 Å². The van der Waals surface area contributed by atoms with Gasteiger partial charge in [0, 0.05) is 13.6 Å². The van der Waals surface area contributed by atoms with E-state index in [0.29, 0.717) is 12.3 Å². The minimum Gasteiger partial charge on any atom is -0.483 e. The van der Waals surface area contributed by atoms with Crippen LogP contribution in [0.3, 0.4) is 0 Å². The second kappa shape index (κ2) is 9.21. The summed E-state index contributed by atoms with van der Waals surface area (Å²) >= 11 is 0. The molecule has 1 atom stereocenters. The van der Waals surface area contributed by atoms with Gasteiger partial charge in [-0.15, -0.1) is 0 Å². The lowest BCUT2D eigenvalue weighted by atomic mass is 10.1. The van der Waals surface area contributed by atoms with E-state index in [1.807, 2.05) is 63.2 Å². The van der Waals surface area contributed by atoms with Gasteiger partial charge >= 0.3 is 0 Å².